The third-order valence-corrected chi connectivity index (χ3v) is 7.17. The molecule has 3 aromatic heterocycles. The maximum absolute atomic E-state index is 13.7. The lowest BCUT2D eigenvalue weighted by atomic mass is 9.81. The summed E-state index contributed by atoms with van der Waals surface area (Å²) in [6.45, 7) is 0. The lowest BCUT2D eigenvalue weighted by Crippen LogP contribution is -2.49. The number of amides is 1. The molecular formula is C25H23F3N6O. The number of aromatic nitrogens is 5. The molecule has 2 unspecified atom stereocenters. The molecular weight excluding hydrogens is 457 g/mol. The Kier molecular flexibility index (Phi) is 4.77. The van der Waals surface area contributed by atoms with Gasteiger partial charge in [-0.05, 0) is 56.0 Å². The minimum absolute atomic E-state index is 0.0490. The summed E-state index contributed by atoms with van der Waals surface area (Å²) in [6.07, 6.45) is 0.325. The summed E-state index contributed by atoms with van der Waals surface area (Å²) in [5, 5.41) is 9.77. The maximum Gasteiger partial charge on any atom is 0.433 e. The maximum atomic E-state index is 13.7. The Morgan fingerprint density at radius 3 is 2.66 bits per heavy atom. The van der Waals surface area contributed by atoms with E-state index >= 15 is 0 Å². The highest BCUT2D eigenvalue weighted by molar-refractivity contribution is 5.98. The molecule has 7 nitrogen and oxygen atoms in total. The second-order valence-electron chi connectivity index (χ2n) is 9.30. The number of benzene rings is 1. The number of halogens is 3. The van der Waals surface area contributed by atoms with Crippen LogP contribution in [-0.2, 0) is 26.7 Å². The summed E-state index contributed by atoms with van der Waals surface area (Å²) >= 11 is 0. The monoisotopic (exact) mass is 480 g/mol. The summed E-state index contributed by atoms with van der Waals surface area (Å²) in [7, 11) is 3.02. The van der Waals surface area contributed by atoms with Crippen LogP contribution in [0.5, 0.6) is 0 Å². The third-order valence-electron chi connectivity index (χ3n) is 7.17. The average Bonchev–Trinajstić information content (AvgIpc) is 3.37. The molecule has 5 heterocycles. The molecule has 1 amide bonds. The molecule has 2 atom stereocenters. The SMILES string of the molecule is Cn1nc(-c2c3c(nn2C)C2CCCC(C3)N2C(=O)c2ccc3ncccc3c2)cc1C(F)(F)F. The third kappa shape index (κ3) is 3.42. The first-order chi connectivity index (χ1) is 16.7. The zero-order chi connectivity index (χ0) is 24.5. The zero-order valence-corrected chi connectivity index (χ0v) is 19.3. The first-order valence-electron chi connectivity index (χ1n) is 11.6. The molecule has 0 spiro atoms. The van der Waals surface area contributed by atoms with E-state index in [0.717, 1.165) is 52.2 Å². The number of alkyl halides is 3. The molecule has 1 aromatic carbocycles. The Labute approximate surface area is 199 Å². The number of aryl methyl sites for hydroxylation is 2. The van der Waals surface area contributed by atoms with E-state index in [2.05, 4.69) is 10.1 Å². The number of nitrogens with zero attached hydrogens (tertiary/aromatic N) is 6. The highest BCUT2D eigenvalue weighted by atomic mass is 19.4. The highest BCUT2D eigenvalue weighted by Gasteiger charge is 2.44. The van der Waals surface area contributed by atoms with Crippen molar-refractivity contribution in [2.75, 3.05) is 0 Å². The second kappa shape index (κ2) is 7.66. The number of rotatable bonds is 2. The standard InChI is InChI=1S/C25H23F3N6O/c1-32-21(25(26,27)28)13-19(30-32)23-17-12-16-6-3-7-20(22(17)31-33(23)2)34(16)24(35)15-8-9-18-14(11-15)5-4-10-29-18/h4-5,8-11,13,16,20H,3,6-7,12H2,1-2H3. The molecule has 35 heavy (non-hydrogen) atoms. The van der Waals surface area contributed by atoms with E-state index in [-0.39, 0.29) is 23.7 Å². The van der Waals surface area contributed by atoms with Crippen LogP contribution in [0.25, 0.3) is 22.3 Å². The lowest BCUT2D eigenvalue weighted by Gasteiger charge is -2.45. The Balaban J connectivity index is 1.41. The number of pyridine rings is 1. The highest BCUT2D eigenvalue weighted by Crippen LogP contribution is 2.45. The summed E-state index contributed by atoms with van der Waals surface area (Å²) in [4.78, 5) is 20.0. The predicted octanol–water partition coefficient (Wildman–Crippen LogP) is 4.68. The van der Waals surface area contributed by atoms with E-state index in [4.69, 9.17) is 5.10 Å². The van der Waals surface area contributed by atoms with Gasteiger partial charge in [-0.3, -0.25) is 19.1 Å². The Hall–Kier alpha value is -3.69. The predicted molar refractivity (Wildman–Crippen MR) is 122 cm³/mol. The van der Waals surface area contributed by atoms with Gasteiger partial charge in [0, 0.05) is 42.8 Å². The molecule has 6 rings (SSSR count). The molecule has 180 valence electrons. The van der Waals surface area contributed by atoms with Crippen molar-refractivity contribution in [3.8, 4) is 11.4 Å². The normalized spacial score (nSPS) is 19.7. The van der Waals surface area contributed by atoms with E-state index in [1.165, 1.54) is 7.05 Å². The van der Waals surface area contributed by atoms with Crippen LogP contribution in [0, 0.1) is 0 Å². The van der Waals surface area contributed by atoms with Gasteiger partial charge >= 0.3 is 6.18 Å². The zero-order valence-electron chi connectivity index (χ0n) is 19.3. The number of fused-ring (bicyclic) bond motifs is 5. The van der Waals surface area contributed by atoms with Crippen LogP contribution < -0.4 is 0 Å². The van der Waals surface area contributed by atoms with Gasteiger partial charge in [-0.25, -0.2) is 0 Å². The first-order valence-corrected chi connectivity index (χ1v) is 11.6. The van der Waals surface area contributed by atoms with Crippen molar-refractivity contribution in [3.63, 3.8) is 0 Å². The number of hydrogen-bond acceptors (Lipinski definition) is 4. The Bertz CT molecular complexity index is 1470. The molecule has 1 fully saturated rings. The number of piperidine rings is 1. The molecule has 1 saturated heterocycles. The number of carbonyl (C=O) groups excluding carboxylic acids is 1. The average molecular weight is 480 g/mol. The van der Waals surface area contributed by atoms with Gasteiger partial charge in [0.15, 0.2) is 0 Å². The summed E-state index contributed by atoms with van der Waals surface area (Å²) in [5.41, 5.74) is 3.10. The fraction of sp³-hybridized carbons (Fsp3) is 0.360. The van der Waals surface area contributed by atoms with Crippen LogP contribution in [0.2, 0.25) is 0 Å². The van der Waals surface area contributed by atoms with Crippen LogP contribution in [0.3, 0.4) is 0 Å². The number of hydrogen-bond donors (Lipinski definition) is 0. The van der Waals surface area contributed by atoms with Crippen LogP contribution in [-0.4, -0.2) is 41.4 Å². The van der Waals surface area contributed by atoms with Gasteiger partial charge in [0.1, 0.15) is 11.4 Å². The molecule has 0 N–H and O–H groups in total. The van der Waals surface area contributed by atoms with Crippen molar-refractivity contribution < 1.29 is 18.0 Å². The molecule has 0 aliphatic carbocycles. The molecule has 4 aromatic rings. The van der Waals surface area contributed by atoms with E-state index in [1.807, 2.05) is 29.2 Å². The van der Waals surface area contributed by atoms with Crippen molar-refractivity contribution in [1.82, 2.24) is 29.4 Å². The molecule has 2 aliphatic rings. The van der Waals surface area contributed by atoms with Crippen molar-refractivity contribution in [2.24, 2.45) is 14.1 Å². The van der Waals surface area contributed by atoms with Gasteiger partial charge in [0.2, 0.25) is 0 Å². The van der Waals surface area contributed by atoms with Gasteiger partial charge < -0.3 is 4.90 Å². The first kappa shape index (κ1) is 21.8. The fourth-order valence-electron chi connectivity index (χ4n) is 5.68. The molecule has 10 heteroatoms. The van der Waals surface area contributed by atoms with Gasteiger partial charge in [-0.15, -0.1) is 0 Å². The molecule has 0 saturated carbocycles. The van der Waals surface area contributed by atoms with Gasteiger partial charge in [-0.2, -0.15) is 23.4 Å². The molecule has 2 aliphatic heterocycles. The van der Waals surface area contributed by atoms with Crippen molar-refractivity contribution in [1.29, 1.82) is 0 Å². The molecule has 0 radical (unpaired) electrons. The summed E-state index contributed by atoms with van der Waals surface area (Å²) < 4.78 is 42.7. The van der Waals surface area contributed by atoms with E-state index < -0.39 is 11.9 Å². The van der Waals surface area contributed by atoms with Crippen LogP contribution in [0.15, 0.2) is 42.6 Å². The van der Waals surface area contributed by atoms with E-state index in [9.17, 15) is 18.0 Å². The Morgan fingerprint density at radius 1 is 1.06 bits per heavy atom. The van der Waals surface area contributed by atoms with E-state index in [0.29, 0.717) is 17.7 Å². The van der Waals surface area contributed by atoms with Crippen LogP contribution >= 0.6 is 0 Å². The van der Waals surface area contributed by atoms with Crippen LogP contribution in [0.1, 0.15) is 52.6 Å². The summed E-state index contributed by atoms with van der Waals surface area (Å²) in [5.74, 6) is -0.0551. The van der Waals surface area contributed by atoms with Crippen molar-refractivity contribution in [2.45, 2.75) is 43.9 Å². The van der Waals surface area contributed by atoms with Crippen molar-refractivity contribution >= 4 is 16.8 Å². The second-order valence-corrected chi connectivity index (χ2v) is 9.30. The van der Waals surface area contributed by atoms with E-state index in [1.54, 1.807) is 24.0 Å². The topological polar surface area (TPSA) is 68.8 Å². The smallest absolute Gasteiger partial charge is 0.327 e. The van der Waals surface area contributed by atoms with Gasteiger partial charge in [-0.1, -0.05) is 6.07 Å². The van der Waals surface area contributed by atoms with Gasteiger partial charge in [0.05, 0.1) is 22.9 Å². The quantitative estimate of drug-likeness (QED) is 0.418. The fourth-order valence-corrected chi connectivity index (χ4v) is 5.68. The Morgan fingerprint density at radius 2 is 1.89 bits per heavy atom. The number of carbonyl (C=O) groups is 1. The van der Waals surface area contributed by atoms with Crippen LogP contribution in [0.4, 0.5) is 13.2 Å². The summed E-state index contributed by atoms with van der Waals surface area (Å²) in [6, 6.07) is 10.1. The minimum Gasteiger partial charge on any atom is -0.327 e. The molecule has 2 bridgehead atoms. The minimum atomic E-state index is -4.49. The lowest BCUT2D eigenvalue weighted by molar-refractivity contribution is -0.143. The van der Waals surface area contributed by atoms with Gasteiger partial charge in [0.25, 0.3) is 5.91 Å². The largest absolute Gasteiger partial charge is 0.433 e. The van der Waals surface area contributed by atoms with Crippen molar-refractivity contribution in [3.05, 3.63) is 65.1 Å².